The zero-order valence-corrected chi connectivity index (χ0v) is 19.5. The molecule has 1 atom stereocenters. The summed E-state index contributed by atoms with van der Waals surface area (Å²) in [5.74, 6) is 0.672. The Morgan fingerprint density at radius 1 is 1.06 bits per heavy atom. The van der Waals surface area contributed by atoms with Crippen LogP contribution >= 0.6 is 0 Å². The van der Waals surface area contributed by atoms with Crippen LogP contribution < -0.4 is 15.4 Å². The van der Waals surface area contributed by atoms with E-state index in [-0.39, 0.29) is 10.8 Å². The molecule has 0 aromatic heterocycles. The average molecular weight is 456 g/mol. The maximum Gasteiger partial charge on any atom is 0.240 e. The van der Waals surface area contributed by atoms with Crippen molar-refractivity contribution in [2.75, 3.05) is 4.90 Å². The number of primary sulfonamides is 1. The number of carbonyl (C=O) groups is 1. The quantitative estimate of drug-likeness (QED) is 0.647. The highest BCUT2D eigenvalue weighted by atomic mass is 32.2. The molecule has 32 heavy (non-hydrogen) atoms. The first-order valence-corrected chi connectivity index (χ1v) is 13.2. The zero-order chi connectivity index (χ0) is 22.7. The predicted molar refractivity (Wildman–Crippen MR) is 127 cm³/mol. The maximum atomic E-state index is 13.1. The van der Waals surface area contributed by atoms with Gasteiger partial charge in [-0.2, -0.15) is 0 Å². The van der Waals surface area contributed by atoms with Gasteiger partial charge in [-0.1, -0.05) is 62.4 Å². The molecule has 3 N–H and O–H groups in total. The SMILES string of the molecule is C[C@@H](CC1CCCCC1)NCc1ccccc1N1C(=O)CCc2cccc(S(N)(=O)=O)c21. The highest BCUT2D eigenvalue weighted by molar-refractivity contribution is 7.89. The maximum absolute atomic E-state index is 13.1. The molecule has 1 aliphatic carbocycles. The van der Waals surface area contributed by atoms with Crippen LogP contribution in [-0.2, 0) is 27.8 Å². The van der Waals surface area contributed by atoms with Crippen molar-refractivity contribution >= 4 is 27.3 Å². The zero-order valence-electron chi connectivity index (χ0n) is 18.7. The molecule has 6 nitrogen and oxygen atoms in total. The van der Waals surface area contributed by atoms with Crippen LogP contribution in [0.4, 0.5) is 11.4 Å². The lowest BCUT2D eigenvalue weighted by Gasteiger charge is -2.32. The van der Waals surface area contributed by atoms with Crippen molar-refractivity contribution in [1.82, 2.24) is 5.32 Å². The van der Waals surface area contributed by atoms with E-state index >= 15 is 0 Å². The third-order valence-electron chi connectivity index (χ3n) is 6.76. The summed E-state index contributed by atoms with van der Waals surface area (Å²) < 4.78 is 24.6. The van der Waals surface area contributed by atoms with Gasteiger partial charge in [0.05, 0.1) is 11.4 Å². The third-order valence-corrected chi connectivity index (χ3v) is 7.70. The third kappa shape index (κ3) is 5.05. The number of carbonyl (C=O) groups excluding carboxylic acids is 1. The summed E-state index contributed by atoms with van der Waals surface area (Å²) in [6.45, 7) is 2.83. The minimum atomic E-state index is -3.97. The Bertz CT molecular complexity index is 1080. The molecule has 7 heteroatoms. The molecule has 0 bridgehead atoms. The normalized spacial score (nSPS) is 18.4. The number of hydrogen-bond donors (Lipinski definition) is 2. The van der Waals surface area contributed by atoms with Crippen LogP contribution in [0.25, 0.3) is 0 Å². The Balaban J connectivity index is 1.61. The number of hydrogen-bond acceptors (Lipinski definition) is 4. The molecule has 4 rings (SSSR count). The monoisotopic (exact) mass is 455 g/mol. The van der Waals surface area contributed by atoms with Crippen molar-refractivity contribution in [3.05, 3.63) is 53.6 Å². The minimum absolute atomic E-state index is 0.00326. The summed E-state index contributed by atoms with van der Waals surface area (Å²) in [6, 6.07) is 13.1. The molecule has 2 aliphatic rings. The highest BCUT2D eigenvalue weighted by Gasteiger charge is 2.32. The number of para-hydroxylation sites is 2. The number of nitrogens with one attached hydrogen (secondary N) is 1. The van der Waals surface area contributed by atoms with E-state index in [1.54, 1.807) is 11.0 Å². The smallest absolute Gasteiger partial charge is 0.240 e. The Morgan fingerprint density at radius 2 is 1.81 bits per heavy atom. The van der Waals surface area contributed by atoms with Crippen LogP contribution in [0, 0.1) is 5.92 Å². The van der Waals surface area contributed by atoms with Crippen molar-refractivity contribution in [3.63, 3.8) is 0 Å². The Kier molecular flexibility index (Phi) is 6.98. The van der Waals surface area contributed by atoms with Gasteiger partial charge in [-0.05, 0) is 48.9 Å². The standard InChI is InChI=1S/C25H33N3O3S/c1-18(16-19-8-3-2-4-9-19)27-17-21-10-5-6-12-22(21)28-24(29)15-14-20-11-7-13-23(25(20)28)32(26,30)31/h5-7,10-13,18-19,27H,2-4,8-9,14-17H2,1H3,(H2,26,30,31)/t18-/m0/s1. The van der Waals surface area contributed by atoms with Crippen molar-refractivity contribution in [2.24, 2.45) is 11.1 Å². The van der Waals surface area contributed by atoms with Gasteiger partial charge in [-0.3, -0.25) is 9.69 Å². The molecule has 1 amide bonds. The number of nitrogens with zero attached hydrogens (tertiary/aromatic N) is 1. The Morgan fingerprint density at radius 3 is 2.56 bits per heavy atom. The van der Waals surface area contributed by atoms with Gasteiger partial charge in [-0.15, -0.1) is 0 Å². The number of benzene rings is 2. The lowest BCUT2D eigenvalue weighted by molar-refractivity contribution is -0.118. The van der Waals surface area contributed by atoms with Gasteiger partial charge in [-0.25, -0.2) is 13.6 Å². The summed E-state index contributed by atoms with van der Waals surface area (Å²) >= 11 is 0. The van der Waals surface area contributed by atoms with E-state index < -0.39 is 10.0 Å². The van der Waals surface area contributed by atoms with Gasteiger partial charge in [0.1, 0.15) is 4.90 Å². The fourth-order valence-electron chi connectivity index (χ4n) is 5.15. The fraction of sp³-hybridized carbons (Fsp3) is 0.480. The van der Waals surface area contributed by atoms with Gasteiger partial charge in [0.15, 0.2) is 0 Å². The predicted octanol–water partition coefficient (Wildman–Crippen LogP) is 4.39. The number of sulfonamides is 1. The Labute approximate surface area is 191 Å². The highest BCUT2D eigenvalue weighted by Crippen LogP contribution is 2.40. The second-order valence-corrected chi connectivity index (χ2v) is 10.7. The van der Waals surface area contributed by atoms with Crippen LogP contribution in [0.15, 0.2) is 47.4 Å². The van der Waals surface area contributed by atoms with Crippen molar-refractivity contribution in [1.29, 1.82) is 0 Å². The molecule has 1 saturated carbocycles. The molecule has 0 saturated heterocycles. The van der Waals surface area contributed by atoms with Gasteiger partial charge in [0.25, 0.3) is 0 Å². The summed E-state index contributed by atoms with van der Waals surface area (Å²) in [7, 11) is -3.97. The molecule has 0 unspecified atom stereocenters. The second-order valence-electron chi connectivity index (χ2n) is 9.19. The van der Waals surface area contributed by atoms with Crippen LogP contribution in [-0.4, -0.2) is 20.4 Å². The van der Waals surface area contributed by atoms with E-state index in [1.165, 1.54) is 38.2 Å². The van der Waals surface area contributed by atoms with E-state index in [1.807, 2.05) is 30.3 Å². The molecule has 2 aromatic rings. The molecule has 1 heterocycles. The number of amides is 1. The Hall–Kier alpha value is -2.22. The largest absolute Gasteiger partial charge is 0.310 e. The number of nitrogens with two attached hydrogens (primary N) is 1. The molecule has 1 fully saturated rings. The minimum Gasteiger partial charge on any atom is -0.310 e. The molecule has 172 valence electrons. The van der Waals surface area contributed by atoms with E-state index in [0.717, 1.165) is 23.5 Å². The van der Waals surface area contributed by atoms with Gasteiger partial charge in [0.2, 0.25) is 15.9 Å². The summed E-state index contributed by atoms with van der Waals surface area (Å²) in [4.78, 5) is 14.6. The van der Waals surface area contributed by atoms with E-state index in [2.05, 4.69) is 12.2 Å². The molecule has 2 aromatic carbocycles. The number of anilines is 2. The second kappa shape index (κ2) is 9.73. The number of rotatable bonds is 7. The lowest BCUT2D eigenvalue weighted by atomic mass is 9.85. The van der Waals surface area contributed by atoms with Gasteiger partial charge < -0.3 is 5.32 Å². The van der Waals surface area contributed by atoms with Crippen LogP contribution in [0.5, 0.6) is 0 Å². The summed E-state index contributed by atoms with van der Waals surface area (Å²) in [5, 5.41) is 9.14. The molecule has 0 spiro atoms. The summed E-state index contributed by atoms with van der Waals surface area (Å²) in [6.07, 6.45) is 8.66. The fourth-order valence-corrected chi connectivity index (χ4v) is 5.91. The number of fused-ring (bicyclic) bond motifs is 1. The molecule has 1 aliphatic heterocycles. The van der Waals surface area contributed by atoms with Crippen molar-refractivity contribution in [2.45, 2.75) is 75.8 Å². The molecule has 0 radical (unpaired) electrons. The first-order valence-electron chi connectivity index (χ1n) is 11.6. The van der Waals surface area contributed by atoms with Gasteiger partial charge >= 0.3 is 0 Å². The van der Waals surface area contributed by atoms with E-state index in [4.69, 9.17) is 5.14 Å². The van der Waals surface area contributed by atoms with Crippen LogP contribution in [0.2, 0.25) is 0 Å². The first-order chi connectivity index (χ1) is 15.3. The molecular weight excluding hydrogens is 422 g/mol. The van der Waals surface area contributed by atoms with Gasteiger partial charge in [0, 0.05) is 19.0 Å². The van der Waals surface area contributed by atoms with Crippen molar-refractivity contribution < 1.29 is 13.2 Å². The summed E-state index contributed by atoms with van der Waals surface area (Å²) in [5.41, 5.74) is 2.90. The van der Waals surface area contributed by atoms with Crippen LogP contribution in [0.3, 0.4) is 0 Å². The molecular formula is C25H33N3O3S. The van der Waals surface area contributed by atoms with E-state index in [0.29, 0.717) is 36.8 Å². The first kappa shape index (κ1) is 23.0. The lowest BCUT2D eigenvalue weighted by Crippen LogP contribution is -2.34. The van der Waals surface area contributed by atoms with Crippen LogP contribution in [0.1, 0.15) is 63.0 Å². The van der Waals surface area contributed by atoms with Crippen molar-refractivity contribution in [3.8, 4) is 0 Å². The topological polar surface area (TPSA) is 92.5 Å². The van der Waals surface area contributed by atoms with E-state index in [9.17, 15) is 13.2 Å². The number of aryl methyl sites for hydroxylation is 1. The average Bonchev–Trinajstić information content (AvgIpc) is 2.77.